The van der Waals surface area contributed by atoms with Gasteiger partial charge in [0.05, 0.1) is 0 Å². The summed E-state index contributed by atoms with van der Waals surface area (Å²) >= 11 is 0. The first-order chi connectivity index (χ1) is 10.9. The Hall–Kier alpha value is -2.51. The Morgan fingerprint density at radius 2 is 1.43 bits per heavy atom. The molecule has 7 heteroatoms. The Labute approximate surface area is 132 Å². The fraction of sp³-hybridized carbons (Fsp3) is 0.125. The third kappa shape index (κ3) is 3.01. The predicted octanol–water partition coefficient (Wildman–Crippen LogP) is 1.73. The molecule has 0 radical (unpaired) electrons. The lowest BCUT2D eigenvalue weighted by Gasteiger charge is -2.18. The van der Waals surface area contributed by atoms with Crippen molar-refractivity contribution in [2.45, 2.75) is 0 Å². The number of benzene rings is 2. The fourth-order valence-electron chi connectivity index (χ4n) is 2.43. The number of carbonyl (C=O) groups excluding carboxylic acids is 2. The Bertz CT molecular complexity index is 914. The standard InChI is InChI=1S/C16H12O6S/c17-15-11-3-1-2-4-12(11)16(18)14-9-10(5-6-13(14)15)22-7-8-23(19,20)21/h1-6,9H,7-8H2,(H,19,20,21). The van der Waals surface area contributed by atoms with Gasteiger partial charge in [0.15, 0.2) is 11.6 Å². The number of carbonyl (C=O) groups is 2. The Morgan fingerprint density at radius 3 is 2.04 bits per heavy atom. The zero-order chi connectivity index (χ0) is 16.6. The monoisotopic (exact) mass is 332 g/mol. The van der Waals surface area contributed by atoms with Crippen LogP contribution >= 0.6 is 0 Å². The van der Waals surface area contributed by atoms with Crippen molar-refractivity contribution in [1.82, 2.24) is 0 Å². The molecule has 0 saturated carbocycles. The molecule has 0 fully saturated rings. The van der Waals surface area contributed by atoms with Crippen LogP contribution in [0.25, 0.3) is 0 Å². The van der Waals surface area contributed by atoms with E-state index in [-0.39, 0.29) is 35.0 Å². The molecule has 2 aromatic carbocycles. The molecule has 0 aliphatic heterocycles. The lowest BCUT2D eigenvalue weighted by molar-refractivity contribution is 0.0979. The first-order valence-corrected chi connectivity index (χ1v) is 8.38. The summed E-state index contributed by atoms with van der Waals surface area (Å²) in [7, 11) is -4.12. The van der Waals surface area contributed by atoms with Gasteiger partial charge in [0, 0.05) is 22.3 Å². The molecule has 0 aromatic heterocycles. The highest BCUT2D eigenvalue weighted by molar-refractivity contribution is 7.85. The molecule has 0 bridgehead atoms. The van der Waals surface area contributed by atoms with Crippen LogP contribution in [-0.4, -0.2) is 36.9 Å². The highest BCUT2D eigenvalue weighted by Crippen LogP contribution is 2.29. The summed E-state index contributed by atoms with van der Waals surface area (Å²) in [6.07, 6.45) is 0. The van der Waals surface area contributed by atoms with E-state index in [1.165, 1.54) is 18.2 Å². The molecule has 2 aromatic rings. The van der Waals surface area contributed by atoms with Gasteiger partial charge >= 0.3 is 0 Å². The summed E-state index contributed by atoms with van der Waals surface area (Å²) in [5.41, 5.74) is 1.21. The molecule has 1 aliphatic rings. The first-order valence-electron chi connectivity index (χ1n) is 6.77. The maximum absolute atomic E-state index is 12.5. The van der Waals surface area contributed by atoms with E-state index in [4.69, 9.17) is 9.29 Å². The van der Waals surface area contributed by atoms with Crippen LogP contribution in [0.3, 0.4) is 0 Å². The van der Waals surface area contributed by atoms with Gasteiger partial charge in [-0.15, -0.1) is 0 Å². The molecule has 0 heterocycles. The molecule has 23 heavy (non-hydrogen) atoms. The van der Waals surface area contributed by atoms with Gasteiger partial charge < -0.3 is 4.74 Å². The second kappa shape index (κ2) is 5.60. The van der Waals surface area contributed by atoms with Crippen LogP contribution in [0.1, 0.15) is 31.8 Å². The largest absolute Gasteiger partial charge is 0.492 e. The molecule has 1 aliphatic carbocycles. The maximum atomic E-state index is 12.5. The summed E-state index contributed by atoms with van der Waals surface area (Å²) in [6.45, 7) is -0.254. The maximum Gasteiger partial charge on any atom is 0.268 e. The molecule has 0 atom stereocenters. The normalized spacial score (nSPS) is 13.4. The van der Waals surface area contributed by atoms with Crippen molar-refractivity contribution in [1.29, 1.82) is 0 Å². The number of rotatable bonds is 4. The smallest absolute Gasteiger partial charge is 0.268 e. The third-order valence-electron chi connectivity index (χ3n) is 3.51. The molecule has 118 valence electrons. The molecule has 6 nitrogen and oxygen atoms in total. The predicted molar refractivity (Wildman–Crippen MR) is 81.7 cm³/mol. The summed E-state index contributed by atoms with van der Waals surface area (Å²) in [5, 5.41) is 0. The van der Waals surface area contributed by atoms with E-state index in [9.17, 15) is 18.0 Å². The van der Waals surface area contributed by atoms with Crippen LogP contribution in [-0.2, 0) is 10.1 Å². The summed E-state index contributed by atoms with van der Waals surface area (Å²) in [5.74, 6) is -0.817. The van der Waals surface area contributed by atoms with Gasteiger partial charge in [-0.3, -0.25) is 14.1 Å². The van der Waals surface area contributed by atoms with Crippen molar-refractivity contribution in [3.05, 3.63) is 64.7 Å². The molecular formula is C16H12O6S. The SMILES string of the molecule is O=C1c2ccccc2C(=O)c2cc(OCCS(=O)(=O)O)ccc21. The molecule has 0 spiro atoms. The van der Waals surface area contributed by atoms with E-state index in [2.05, 4.69) is 0 Å². The number of ketones is 2. The second-order valence-electron chi connectivity index (χ2n) is 5.05. The highest BCUT2D eigenvalue weighted by Gasteiger charge is 2.29. The highest BCUT2D eigenvalue weighted by atomic mass is 32.2. The lowest BCUT2D eigenvalue weighted by atomic mass is 9.84. The van der Waals surface area contributed by atoms with Crippen molar-refractivity contribution >= 4 is 21.7 Å². The van der Waals surface area contributed by atoms with Crippen molar-refractivity contribution < 1.29 is 27.3 Å². The van der Waals surface area contributed by atoms with E-state index >= 15 is 0 Å². The third-order valence-corrected chi connectivity index (χ3v) is 4.19. The number of ether oxygens (including phenoxy) is 1. The first kappa shape index (κ1) is 15.4. The van der Waals surface area contributed by atoms with Crippen LogP contribution in [0.15, 0.2) is 42.5 Å². The van der Waals surface area contributed by atoms with Crippen molar-refractivity contribution in [3.8, 4) is 5.75 Å². The van der Waals surface area contributed by atoms with Crippen LogP contribution in [0.2, 0.25) is 0 Å². The minimum atomic E-state index is -4.12. The topological polar surface area (TPSA) is 97.7 Å². The van der Waals surface area contributed by atoms with Crippen LogP contribution < -0.4 is 4.74 Å². The molecule has 1 N–H and O–H groups in total. The number of fused-ring (bicyclic) bond motifs is 2. The minimum Gasteiger partial charge on any atom is -0.492 e. The van der Waals surface area contributed by atoms with Gasteiger partial charge in [-0.1, -0.05) is 24.3 Å². The second-order valence-corrected chi connectivity index (χ2v) is 6.62. The van der Waals surface area contributed by atoms with Crippen LogP contribution in [0.4, 0.5) is 0 Å². The molecular weight excluding hydrogens is 320 g/mol. The Balaban J connectivity index is 1.91. The van der Waals surface area contributed by atoms with E-state index in [0.29, 0.717) is 11.1 Å². The zero-order valence-electron chi connectivity index (χ0n) is 11.9. The van der Waals surface area contributed by atoms with Crippen molar-refractivity contribution in [2.24, 2.45) is 0 Å². The Kier molecular flexibility index (Phi) is 3.75. The summed E-state index contributed by atoms with van der Waals surface area (Å²) in [6, 6.07) is 11.0. The molecule has 3 rings (SSSR count). The molecule has 0 amide bonds. The number of hydrogen-bond acceptors (Lipinski definition) is 5. The van der Waals surface area contributed by atoms with Crippen LogP contribution in [0.5, 0.6) is 5.75 Å². The molecule has 0 saturated heterocycles. The van der Waals surface area contributed by atoms with Gasteiger partial charge in [0.25, 0.3) is 10.1 Å². The van der Waals surface area contributed by atoms with E-state index < -0.39 is 15.9 Å². The van der Waals surface area contributed by atoms with E-state index in [1.54, 1.807) is 24.3 Å². The molecule has 0 unspecified atom stereocenters. The van der Waals surface area contributed by atoms with Crippen molar-refractivity contribution in [3.63, 3.8) is 0 Å². The lowest BCUT2D eigenvalue weighted by Crippen LogP contribution is -2.21. The summed E-state index contributed by atoms with van der Waals surface area (Å²) in [4.78, 5) is 24.9. The Morgan fingerprint density at radius 1 is 0.870 bits per heavy atom. The minimum absolute atomic E-state index is 0.220. The number of hydrogen-bond donors (Lipinski definition) is 1. The van der Waals surface area contributed by atoms with Gasteiger partial charge in [-0.05, 0) is 18.2 Å². The van der Waals surface area contributed by atoms with Crippen LogP contribution in [0, 0.1) is 0 Å². The van der Waals surface area contributed by atoms with E-state index in [0.717, 1.165) is 0 Å². The fourth-order valence-corrected chi connectivity index (χ4v) is 2.73. The van der Waals surface area contributed by atoms with Gasteiger partial charge in [0.1, 0.15) is 18.1 Å². The van der Waals surface area contributed by atoms with Gasteiger partial charge in [-0.2, -0.15) is 8.42 Å². The summed E-state index contributed by atoms with van der Waals surface area (Å²) < 4.78 is 35.2. The quantitative estimate of drug-likeness (QED) is 0.731. The van der Waals surface area contributed by atoms with Gasteiger partial charge in [0.2, 0.25) is 0 Å². The average molecular weight is 332 g/mol. The van der Waals surface area contributed by atoms with E-state index in [1.807, 2.05) is 0 Å². The van der Waals surface area contributed by atoms with Gasteiger partial charge in [-0.25, -0.2) is 0 Å². The average Bonchev–Trinajstić information content (AvgIpc) is 2.51. The van der Waals surface area contributed by atoms with Crippen molar-refractivity contribution in [2.75, 3.05) is 12.4 Å². The zero-order valence-corrected chi connectivity index (χ0v) is 12.7.